The van der Waals surface area contributed by atoms with Gasteiger partial charge in [-0.1, -0.05) is 46.8 Å². The number of halogens is 1. The van der Waals surface area contributed by atoms with Crippen LogP contribution in [0.5, 0.6) is 5.75 Å². The van der Waals surface area contributed by atoms with Gasteiger partial charge in [-0.05, 0) is 71.9 Å². The maximum Gasteiger partial charge on any atom is 0.328 e. The Morgan fingerprint density at radius 1 is 1.10 bits per heavy atom. The van der Waals surface area contributed by atoms with E-state index in [0.717, 1.165) is 30.9 Å². The molecule has 3 nitrogen and oxygen atoms in total. The van der Waals surface area contributed by atoms with Crippen LogP contribution in [0.25, 0.3) is 5.57 Å². The van der Waals surface area contributed by atoms with Gasteiger partial charge in [0.2, 0.25) is 0 Å². The second-order valence-electron chi connectivity index (χ2n) is 9.04. The van der Waals surface area contributed by atoms with E-state index in [1.165, 1.54) is 29.4 Å². The van der Waals surface area contributed by atoms with Gasteiger partial charge in [0, 0.05) is 11.6 Å². The number of aliphatic carboxylic acids is 1. The van der Waals surface area contributed by atoms with E-state index in [4.69, 9.17) is 9.84 Å². The molecule has 0 unspecified atom stereocenters. The van der Waals surface area contributed by atoms with Crippen molar-refractivity contribution in [2.24, 2.45) is 0 Å². The van der Waals surface area contributed by atoms with Crippen LogP contribution >= 0.6 is 0 Å². The Hall–Kier alpha value is -2.36. The molecule has 0 bridgehead atoms. The first-order valence-electron chi connectivity index (χ1n) is 10.3. The molecule has 0 aromatic heterocycles. The number of rotatable bonds is 7. The van der Waals surface area contributed by atoms with Gasteiger partial charge in [0.1, 0.15) is 11.6 Å². The molecule has 0 fully saturated rings. The molecular weight excluding hydrogens is 367 g/mol. The second-order valence-corrected chi connectivity index (χ2v) is 9.04. The summed E-state index contributed by atoms with van der Waals surface area (Å²) >= 11 is 0. The molecule has 0 amide bonds. The predicted molar refractivity (Wildman–Crippen MR) is 117 cm³/mol. The van der Waals surface area contributed by atoms with E-state index < -0.39 is 11.8 Å². The summed E-state index contributed by atoms with van der Waals surface area (Å²) in [6, 6.07) is 4.20. The zero-order valence-electron chi connectivity index (χ0n) is 18.4. The Kier molecular flexibility index (Phi) is 7.10. The van der Waals surface area contributed by atoms with Crippen LogP contribution in [0, 0.1) is 0 Å². The van der Waals surface area contributed by atoms with Crippen LogP contribution in [0.4, 0.5) is 4.39 Å². The van der Waals surface area contributed by atoms with Crippen LogP contribution in [0.3, 0.4) is 0 Å². The SMILES string of the molecule is CCCOc1cc2c(cc1\C(C)=C(F)/C=C/C=C/C(=O)O)C(C)(C)CCC2(C)C. The number of fused-ring (bicyclic) bond motifs is 1. The maximum absolute atomic E-state index is 14.8. The molecule has 0 heterocycles. The molecule has 1 aromatic carbocycles. The Bertz CT molecular complexity index is 857. The summed E-state index contributed by atoms with van der Waals surface area (Å²) in [5.74, 6) is -0.765. The third-order valence-electron chi connectivity index (χ3n) is 5.77. The highest BCUT2D eigenvalue weighted by Gasteiger charge is 2.38. The number of hydrogen-bond acceptors (Lipinski definition) is 2. The minimum Gasteiger partial charge on any atom is -0.493 e. The minimum absolute atomic E-state index is 0.0136. The van der Waals surface area contributed by atoms with Crippen LogP contribution < -0.4 is 4.74 Å². The van der Waals surface area contributed by atoms with Crippen molar-refractivity contribution in [2.45, 2.75) is 71.6 Å². The molecule has 0 atom stereocenters. The molecule has 4 heteroatoms. The predicted octanol–water partition coefficient (Wildman–Crippen LogP) is 6.72. The van der Waals surface area contributed by atoms with Crippen molar-refractivity contribution in [3.8, 4) is 5.75 Å². The van der Waals surface area contributed by atoms with Gasteiger partial charge in [-0.3, -0.25) is 0 Å². The zero-order valence-corrected chi connectivity index (χ0v) is 18.4. The third-order valence-corrected chi connectivity index (χ3v) is 5.77. The highest BCUT2D eigenvalue weighted by molar-refractivity contribution is 5.80. The number of hydrogen-bond donors (Lipinski definition) is 1. The standard InChI is InChI=1S/C25H33FO3/c1-7-14-29-22-16-20-19(24(3,4)12-13-25(20,5)6)15-18(22)17(2)21(26)10-8-9-11-23(27)28/h8-11,15-16H,7,12-14H2,1-6H3,(H,27,28)/b10-8+,11-9+,21-17+. The summed E-state index contributed by atoms with van der Waals surface area (Å²) in [5.41, 5.74) is 3.82. The van der Waals surface area contributed by atoms with Gasteiger partial charge in [-0.2, -0.15) is 0 Å². The molecule has 1 aliphatic carbocycles. The van der Waals surface area contributed by atoms with E-state index in [0.29, 0.717) is 17.9 Å². The van der Waals surface area contributed by atoms with Crippen molar-refractivity contribution in [1.82, 2.24) is 0 Å². The average Bonchev–Trinajstić information content (AvgIpc) is 2.65. The fraction of sp³-hybridized carbons (Fsp3) is 0.480. The molecule has 29 heavy (non-hydrogen) atoms. The van der Waals surface area contributed by atoms with Crippen LogP contribution in [-0.2, 0) is 15.6 Å². The van der Waals surface area contributed by atoms with Crippen LogP contribution in [0.15, 0.2) is 42.3 Å². The maximum atomic E-state index is 14.8. The second kappa shape index (κ2) is 8.98. The van der Waals surface area contributed by atoms with E-state index in [1.807, 2.05) is 6.92 Å². The number of carboxylic acid groups (broad SMARTS) is 1. The molecule has 0 radical (unpaired) electrons. The summed E-state index contributed by atoms with van der Waals surface area (Å²) in [4.78, 5) is 10.6. The first-order valence-corrected chi connectivity index (χ1v) is 10.3. The van der Waals surface area contributed by atoms with Gasteiger partial charge < -0.3 is 9.84 Å². The molecule has 0 spiro atoms. The molecular formula is C25H33FO3. The number of ether oxygens (including phenoxy) is 1. The molecule has 158 valence electrons. The molecule has 1 N–H and O–H groups in total. The zero-order chi connectivity index (χ0) is 21.8. The average molecular weight is 401 g/mol. The number of allylic oxidation sites excluding steroid dienone is 5. The number of carbonyl (C=O) groups is 1. The lowest BCUT2D eigenvalue weighted by Gasteiger charge is -2.42. The number of benzene rings is 1. The fourth-order valence-corrected chi connectivity index (χ4v) is 3.75. The van der Waals surface area contributed by atoms with E-state index in [9.17, 15) is 9.18 Å². The topological polar surface area (TPSA) is 46.5 Å². The van der Waals surface area contributed by atoms with Gasteiger partial charge in [0.05, 0.1) is 6.61 Å². The monoisotopic (exact) mass is 400 g/mol. The quantitative estimate of drug-likeness (QED) is 0.408. The summed E-state index contributed by atoms with van der Waals surface area (Å²) in [6.45, 7) is 13.3. The first kappa shape index (κ1) is 22.9. The lowest BCUT2D eigenvalue weighted by Crippen LogP contribution is -2.34. The summed E-state index contributed by atoms with van der Waals surface area (Å²) < 4.78 is 20.9. The summed E-state index contributed by atoms with van der Waals surface area (Å²) in [5, 5.41) is 8.65. The van der Waals surface area contributed by atoms with Gasteiger partial charge in [-0.15, -0.1) is 0 Å². The highest BCUT2D eigenvalue weighted by atomic mass is 19.1. The van der Waals surface area contributed by atoms with Crippen molar-refractivity contribution in [2.75, 3.05) is 6.61 Å². The largest absolute Gasteiger partial charge is 0.493 e. The Labute approximate surface area is 174 Å². The Morgan fingerprint density at radius 2 is 1.66 bits per heavy atom. The van der Waals surface area contributed by atoms with E-state index in [-0.39, 0.29) is 10.8 Å². The highest BCUT2D eigenvalue weighted by Crippen LogP contribution is 2.48. The molecule has 0 saturated carbocycles. The van der Waals surface area contributed by atoms with Crippen molar-refractivity contribution in [3.63, 3.8) is 0 Å². The van der Waals surface area contributed by atoms with E-state index in [1.54, 1.807) is 6.92 Å². The Balaban J connectivity index is 2.60. The van der Waals surface area contributed by atoms with E-state index in [2.05, 4.69) is 39.8 Å². The summed E-state index contributed by atoms with van der Waals surface area (Å²) in [7, 11) is 0. The lowest BCUT2D eigenvalue weighted by atomic mass is 9.62. The van der Waals surface area contributed by atoms with Crippen molar-refractivity contribution in [3.05, 3.63) is 59.0 Å². The van der Waals surface area contributed by atoms with E-state index >= 15 is 0 Å². The molecule has 2 rings (SSSR count). The van der Waals surface area contributed by atoms with Gasteiger partial charge >= 0.3 is 5.97 Å². The van der Waals surface area contributed by atoms with Crippen molar-refractivity contribution in [1.29, 1.82) is 0 Å². The van der Waals surface area contributed by atoms with Gasteiger partial charge in [-0.25, -0.2) is 9.18 Å². The van der Waals surface area contributed by atoms with Crippen LogP contribution in [0.2, 0.25) is 0 Å². The number of carboxylic acids is 1. The van der Waals surface area contributed by atoms with Crippen molar-refractivity contribution < 1.29 is 19.0 Å². The smallest absolute Gasteiger partial charge is 0.328 e. The molecule has 1 aromatic rings. The first-order chi connectivity index (χ1) is 13.5. The molecule has 0 aliphatic heterocycles. The van der Waals surface area contributed by atoms with Gasteiger partial charge in [0.15, 0.2) is 0 Å². The fourth-order valence-electron chi connectivity index (χ4n) is 3.75. The third kappa shape index (κ3) is 5.37. The Morgan fingerprint density at radius 3 is 2.21 bits per heavy atom. The van der Waals surface area contributed by atoms with Gasteiger partial charge in [0.25, 0.3) is 0 Å². The molecule has 1 aliphatic rings. The van der Waals surface area contributed by atoms with Crippen LogP contribution in [-0.4, -0.2) is 17.7 Å². The lowest BCUT2D eigenvalue weighted by molar-refractivity contribution is -0.131. The van der Waals surface area contributed by atoms with Crippen molar-refractivity contribution >= 4 is 11.5 Å². The normalized spacial score (nSPS) is 18.6. The van der Waals surface area contributed by atoms with Crippen LogP contribution in [0.1, 0.15) is 77.5 Å². The minimum atomic E-state index is -1.06. The summed E-state index contributed by atoms with van der Waals surface area (Å²) in [6.07, 6.45) is 8.00. The molecule has 0 saturated heterocycles.